The van der Waals surface area contributed by atoms with Crippen LogP contribution in [0, 0.1) is 12.8 Å². The maximum Gasteiger partial charge on any atom is 0.238 e. The lowest BCUT2D eigenvalue weighted by Crippen LogP contribution is -2.51. The normalized spacial score (nSPS) is 23.9. The Morgan fingerprint density at radius 2 is 1.55 bits per heavy atom. The Balaban J connectivity index is 1.54. The molecular weight excluding hydrogens is 564 g/mol. The van der Waals surface area contributed by atoms with Crippen LogP contribution in [0.1, 0.15) is 37.4 Å². The maximum atomic E-state index is 14.7. The van der Waals surface area contributed by atoms with Crippen LogP contribution in [0.25, 0.3) is 6.08 Å². The van der Waals surface area contributed by atoms with Crippen molar-refractivity contribution in [3.63, 3.8) is 0 Å². The minimum atomic E-state index is -1.31. The number of carbonyl (C=O) groups is 3. The van der Waals surface area contributed by atoms with E-state index in [-0.39, 0.29) is 17.5 Å². The average Bonchev–Trinajstić information content (AvgIpc) is 3.45. The Kier molecular flexibility index (Phi) is 5.65. The number of ketones is 2. The number of hydrogen-bond acceptors (Lipinski definition) is 4. The highest BCUT2D eigenvalue weighted by Gasteiger charge is 2.70. The van der Waals surface area contributed by atoms with E-state index < -0.39 is 23.4 Å². The molecule has 196 valence electrons. The van der Waals surface area contributed by atoms with Crippen molar-refractivity contribution in [2.24, 2.45) is 5.92 Å². The maximum absolute atomic E-state index is 14.7. The highest BCUT2D eigenvalue weighted by molar-refractivity contribution is 9.10. The van der Waals surface area contributed by atoms with Gasteiger partial charge in [-0.15, -0.1) is 0 Å². The van der Waals surface area contributed by atoms with Crippen molar-refractivity contribution in [1.29, 1.82) is 0 Å². The van der Waals surface area contributed by atoms with Gasteiger partial charge in [0.2, 0.25) is 5.91 Å². The van der Waals surface area contributed by atoms with E-state index in [2.05, 4.69) is 27.3 Å². The van der Waals surface area contributed by atoms with E-state index in [9.17, 15) is 14.4 Å². The minimum absolute atomic E-state index is 0.183. The SMILES string of the molecule is Cc1ccc2c(c1)C=C[C@@H]1N2[C@H](C(=O)c2ccccc2)[C@H](C(=O)c2ccc(Br)cc2)[C@]12C(=O)Nc1ccccc12. The van der Waals surface area contributed by atoms with Crippen LogP contribution in [0.4, 0.5) is 11.4 Å². The van der Waals surface area contributed by atoms with Gasteiger partial charge in [-0.05, 0) is 48.4 Å². The number of Topliss-reactive ketones (excluding diaryl/α,β-unsaturated/α-hetero) is 2. The Morgan fingerprint density at radius 3 is 2.33 bits per heavy atom. The number of rotatable bonds is 4. The predicted octanol–water partition coefficient (Wildman–Crippen LogP) is 6.61. The molecule has 1 amide bonds. The highest BCUT2D eigenvalue weighted by atomic mass is 79.9. The molecule has 1 N–H and O–H groups in total. The molecule has 40 heavy (non-hydrogen) atoms. The second-order valence-corrected chi connectivity index (χ2v) is 11.6. The molecule has 0 saturated carbocycles. The first kappa shape index (κ1) is 24.7. The van der Waals surface area contributed by atoms with Crippen molar-refractivity contribution in [2.75, 3.05) is 10.2 Å². The van der Waals surface area contributed by atoms with Gasteiger partial charge < -0.3 is 10.2 Å². The molecule has 0 bridgehead atoms. The van der Waals surface area contributed by atoms with Crippen LogP contribution < -0.4 is 10.2 Å². The Labute approximate surface area is 240 Å². The van der Waals surface area contributed by atoms with Gasteiger partial charge in [0, 0.05) is 27.0 Å². The zero-order chi connectivity index (χ0) is 27.6. The van der Waals surface area contributed by atoms with Gasteiger partial charge in [0.15, 0.2) is 11.6 Å². The van der Waals surface area contributed by atoms with E-state index in [0.29, 0.717) is 16.8 Å². The van der Waals surface area contributed by atoms with E-state index in [1.54, 1.807) is 24.3 Å². The van der Waals surface area contributed by atoms with Crippen LogP contribution >= 0.6 is 15.9 Å². The lowest BCUT2D eigenvalue weighted by atomic mass is 9.64. The molecule has 4 atom stereocenters. The molecule has 0 aromatic heterocycles. The second kappa shape index (κ2) is 9.14. The molecular formula is C34H25BrN2O3. The lowest BCUT2D eigenvalue weighted by Gasteiger charge is -2.37. The molecule has 7 rings (SSSR count). The molecule has 1 fully saturated rings. The van der Waals surface area contributed by atoms with Gasteiger partial charge in [0.05, 0.1) is 12.0 Å². The number of para-hydroxylation sites is 1. The summed E-state index contributed by atoms with van der Waals surface area (Å²) in [6.07, 6.45) is 4.03. The molecule has 0 unspecified atom stereocenters. The largest absolute Gasteiger partial charge is 0.352 e. The molecule has 4 aromatic carbocycles. The summed E-state index contributed by atoms with van der Waals surface area (Å²) >= 11 is 3.46. The topological polar surface area (TPSA) is 66.5 Å². The average molecular weight is 589 g/mol. The first-order valence-corrected chi connectivity index (χ1v) is 14.1. The van der Waals surface area contributed by atoms with E-state index in [4.69, 9.17) is 0 Å². The molecule has 0 aliphatic carbocycles. The number of benzene rings is 4. The number of nitrogens with one attached hydrogen (secondary N) is 1. The van der Waals surface area contributed by atoms with Crippen molar-refractivity contribution < 1.29 is 14.4 Å². The van der Waals surface area contributed by atoms with Crippen molar-refractivity contribution in [2.45, 2.75) is 24.4 Å². The Bertz CT molecular complexity index is 1730. The molecule has 1 spiro atoms. The summed E-state index contributed by atoms with van der Waals surface area (Å²) in [4.78, 5) is 45.7. The summed E-state index contributed by atoms with van der Waals surface area (Å²) in [5.74, 6) is -1.66. The number of halogens is 1. The fourth-order valence-electron chi connectivity index (χ4n) is 6.87. The first-order chi connectivity index (χ1) is 19.4. The smallest absolute Gasteiger partial charge is 0.238 e. The first-order valence-electron chi connectivity index (χ1n) is 13.3. The number of anilines is 2. The number of carbonyl (C=O) groups excluding carboxylic acids is 3. The quantitative estimate of drug-likeness (QED) is 0.272. The number of amides is 1. The number of hydrogen-bond donors (Lipinski definition) is 1. The molecule has 0 radical (unpaired) electrons. The summed E-state index contributed by atoms with van der Waals surface area (Å²) in [5, 5.41) is 3.07. The van der Waals surface area contributed by atoms with Crippen LogP contribution in [0.5, 0.6) is 0 Å². The molecule has 3 aliphatic heterocycles. The van der Waals surface area contributed by atoms with Gasteiger partial charge in [-0.3, -0.25) is 14.4 Å². The summed E-state index contributed by atoms with van der Waals surface area (Å²) in [6.45, 7) is 2.03. The van der Waals surface area contributed by atoms with E-state index in [1.807, 2.05) is 90.7 Å². The third-order valence-electron chi connectivity index (χ3n) is 8.53. The van der Waals surface area contributed by atoms with Crippen LogP contribution in [-0.2, 0) is 10.2 Å². The highest BCUT2D eigenvalue weighted by Crippen LogP contribution is 2.58. The minimum Gasteiger partial charge on any atom is -0.352 e. The third-order valence-corrected chi connectivity index (χ3v) is 9.05. The van der Waals surface area contributed by atoms with Gasteiger partial charge >= 0.3 is 0 Å². The lowest BCUT2D eigenvalue weighted by molar-refractivity contribution is -0.121. The van der Waals surface area contributed by atoms with Crippen LogP contribution in [0.2, 0.25) is 0 Å². The van der Waals surface area contributed by atoms with E-state index in [1.165, 1.54) is 0 Å². The Morgan fingerprint density at radius 1 is 0.850 bits per heavy atom. The van der Waals surface area contributed by atoms with Crippen LogP contribution in [-0.4, -0.2) is 29.6 Å². The van der Waals surface area contributed by atoms with Crippen molar-refractivity contribution in [3.8, 4) is 0 Å². The zero-order valence-electron chi connectivity index (χ0n) is 21.7. The van der Waals surface area contributed by atoms with E-state index >= 15 is 0 Å². The van der Waals surface area contributed by atoms with Crippen LogP contribution in [0.15, 0.2) is 108 Å². The van der Waals surface area contributed by atoms with E-state index in [0.717, 1.165) is 26.9 Å². The summed E-state index contributed by atoms with van der Waals surface area (Å²) in [7, 11) is 0. The number of aryl methyl sites for hydroxylation is 1. The fraction of sp³-hybridized carbons (Fsp3) is 0.147. The predicted molar refractivity (Wildman–Crippen MR) is 160 cm³/mol. The van der Waals surface area contributed by atoms with Gasteiger partial charge in [-0.2, -0.15) is 0 Å². The van der Waals surface area contributed by atoms with Crippen molar-refractivity contribution in [1.82, 2.24) is 0 Å². The molecule has 5 nitrogen and oxygen atoms in total. The number of fused-ring (bicyclic) bond motifs is 6. The van der Waals surface area contributed by atoms with Gasteiger partial charge in [-0.1, -0.05) is 100 Å². The monoisotopic (exact) mass is 588 g/mol. The van der Waals surface area contributed by atoms with Gasteiger partial charge in [-0.25, -0.2) is 0 Å². The van der Waals surface area contributed by atoms with Crippen LogP contribution in [0.3, 0.4) is 0 Å². The summed E-state index contributed by atoms with van der Waals surface area (Å²) < 4.78 is 0.843. The van der Waals surface area contributed by atoms with Gasteiger partial charge in [0.1, 0.15) is 11.5 Å². The Hall–Kier alpha value is -4.29. The zero-order valence-corrected chi connectivity index (χ0v) is 23.3. The number of nitrogens with zero attached hydrogens (tertiary/aromatic N) is 1. The second-order valence-electron chi connectivity index (χ2n) is 10.7. The molecule has 3 aliphatic rings. The molecule has 6 heteroatoms. The van der Waals surface area contributed by atoms with Gasteiger partial charge in [0.25, 0.3) is 0 Å². The molecule has 1 saturated heterocycles. The fourth-order valence-corrected chi connectivity index (χ4v) is 7.13. The van der Waals surface area contributed by atoms with Crippen molar-refractivity contribution in [3.05, 3.63) is 135 Å². The summed E-state index contributed by atoms with van der Waals surface area (Å²) in [5.41, 5.74) is 3.97. The third kappa shape index (κ3) is 3.42. The molecule has 4 aromatic rings. The standard InChI is InChI=1S/C34H25BrN2O3/c1-20-11-17-27-23(19-20)14-18-28-34(25-9-5-6-10-26(25)36-33(34)40)29(31(38)22-12-15-24(35)16-13-22)30(37(27)28)32(39)21-7-3-2-4-8-21/h2-19,28-30H,1H3,(H,36,40)/t28-,29+,30-,34+/m0/s1. The summed E-state index contributed by atoms with van der Waals surface area (Å²) in [6, 6.07) is 28.4. The van der Waals surface area contributed by atoms with Crippen molar-refractivity contribution >= 4 is 50.9 Å². The molecule has 3 heterocycles.